The third-order valence-corrected chi connectivity index (χ3v) is 5.93. The van der Waals surface area contributed by atoms with Crippen LogP contribution in [0.4, 0.5) is 5.69 Å². The lowest BCUT2D eigenvalue weighted by molar-refractivity contribution is -0.113. The van der Waals surface area contributed by atoms with Crippen molar-refractivity contribution in [2.24, 2.45) is 0 Å². The van der Waals surface area contributed by atoms with Crippen LogP contribution in [0.5, 0.6) is 0 Å². The molecule has 1 amide bonds. The molecule has 0 aliphatic heterocycles. The molecule has 0 radical (unpaired) electrons. The standard InChI is InChI=1S/C18H19N5O3S2/c1-12-7-8-16(13(2)9-12)23-18(20-21-22-23)27-11-17(24)19-14-5-4-6-15(10-14)28(3,25)26/h4-10H,11H2,1-3H3,(H,19,24). The summed E-state index contributed by atoms with van der Waals surface area (Å²) in [6.07, 6.45) is 1.12. The molecule has 3 aromatic rings. The van der Waals surface area contributed by atoms with Crippen molar-refractivity contribution in [2.75, 3.05) is 17.3 Å². The highest BCUT2D eigenvalue weighted by molar-refractivity contribution is 7.99. The molecule has 10 heteroatoms. The largest absolute Gasteiger partial charge is 0.325 e. The Bertz CT molecular complexity index is 1130. The van der Waals surface area contributed by atoms with Crippen molar-refractivity contribution in [1.82, 2.24) is 20.2 Å². The molecule has 146 valence electrons. The Morgan fingerprint density at radius 3 is 2.68 bits per heavy atom. The van der Waals surface area contributed by atoms with Crippen molar-refractivity contribution in [3.8, 4) is 5.69 Å². The summed E-state index contributed by atoms with van der Waals surface area (Å²) in [6, 6.07) is 12.1. The Balaban J connectivity index is 1.69. The van der Waals surface area contributed by atoms with E-state index in [4.69, 9.17) is 0 Å². The lowest BCUT2D eigenvalue weighted by atomic mass is 10.1. The maximum atomic E-state index is 12.3. The van der Waals surface area contributed by atoms with Crippen molar-refractivity contribution < 1.29 is 13.2 Å². The molecule has 0 saturated carbocycles. The summed E-state index contributed by atoms with van der Waals surface area (Å²) >= 11 is 1.20. The topological polar surface area (TPSA) is 107 Å². The minimum absolute atomic E-state index is 0.0778. The van der Waals surface area contributed by atoms with E-state index in [1.54, 1.807) is 16.8 Å². The smallest absolute Gasteiger partial charge is 0.234 e. The van der Waals surface area contributed by atoms with Gasteiger partial charge >= 0.3 is 0 Å². The van der Waals surface area contributed by atoms with Gasteiger partial charge in [0, 0.05) is 11.9 Å². The van der Waals surface area contributed by atoms with Crippen LogP contribution in [0.2, 0.25) is 0 Å². The lowest BCUT2D eigenvalue weighted by Crippen LogP contribution is -2.15. The number of hydrogen-bond donors (Lipinski definition) is 1. The number of aryl methyl sites for hydroxylation is 2. The van der Waals surface area contributed by atoms with Crippen LogP contribution in [0.25, 0.3) is 5.69 Å². The number of benzene rings is 2. The van der Waals surface area contributed by atoms with Crippen LogP contribution >= 0.6 is 11.8 Å². The number of tetrazole rings is 1. The zero-order valence-electron chi connectivity index (χ0n) is 15.6. The molecule has 8 nitrogen and oxygen atoms in total. The number of hydrogen-bond acceptors (Lipinski definition) is 7. The second kappa shape index (κ2) is 8.11. The van der Waals surface area contributed by atoms with Crippen molar-refractivity contribution in [1.29, 1.82) is 0 Å². The maximum Gasteiger partial charge on any atom is 0.234 e. The molecule has 0 atom stereocenters. The molecule has 0 aliphatic carbocycles. The van der Waals surface area contributed by atoms with E-state index in [0.717, 1.165) is 23.1 Å². The van der Waals surface area contributed by atoms with Gasteiger partial charge in [-0.1, -0.05) is 35.5 Å². The molecule has 1 N–H and O–H groups in total. The van der Waals surface area contributed by atoms with Crippen molar-refractivity contribution in [3.05, 3.63) is 53.6 Å². The van der Waals surface area contributed by atoms with E-state index in [-0.39, 0.29) is 16.6 Å². The van der Waals surface area contributed by atoms with Crippen LogP contribution < -0.4 is 5.32 Å². The van der Waals surface area contributed by atoms with Gasteiger partial charge in [0.15, 0.2) is 9.84 Å². The average Bonchev–Trinajstić information content (AvgIpc) is 3.08. The van der Waals surface area contributed by atoms with E-state index >= 15 is 0 Å². The van der Waals surface area contributed by atoms with E-state index < -0.39 is 9.84 Å². The van der Waals surface area contributed by atoms with Gasteiger partial charge in [-0.15, -0.1) is 5.10 Å². The van der Waals surface area contributed by atoms with Crippen LogP contribution in [0.15, 0.2) is 52.5 Å². The number of rotatable bonds is 6. The molecule has 1 aromatic heterocycles. The summed E-state index contributed by atoms with van der Waals surface area (Å²) in [5.74, 6) is -0.209. The number of aromatic nitrogens is 4. The van der Waals surface area contributed by atoms with Crippen LogP contribution in [-0.4, -0.2) is 46.5 Å². The minimum atomic E-state index is -3.34. The Morgan fingerprint density at radius 2 is 1.96 bits per heavy atom. The monoisotopic (exact) mass is 417 g/mol. The molecule has 0 fully saturated rings. The van der Waals surface area contributed by atoms with Crippen molar-refractivity contribution in [3.63, 3.8) is 0 Å². The first-order valence-electron chi connectivity index (χ1n) is 8.33. The molecule has 0 unspecified atom stereocenters. The fourth-order valence-corrected chi connectivity index (χ4v) is 3.95. The summed E-state index contributed by atoms with van der Waals surface area (Å²) < 4.78 is 24.9. The first kappa shape index (κ1) is 20.0. The van der Waals surface area contributed by atoms with Crippen LogP contribution in [0.3, 0.4) is 0 Å². The predicted octanol–water partition coefficient (Wildman–Crippen LogP) is 2.41. The molecule has 3 rings (SSSR count). The summed E-state index contributed by atoms with van der Waals surface area (Å²) in [7, 11) is -3.34. The Morgan fingerprint density at radius 1 is 1.18 bits per heavy atom. The van der Waals surface area contributed by atoms with Crippen LogP contribution in [-0.2, 0) is 14.6 Å². The number of carbonyl (C=O) groups excluding carboxylic acids is 1. The van der Waals surface area contributed by atoms with E-state index in [2.05, 4.69) is 20.8 Å². The molecule has 0 spiro atoms. The summed E-state index contributed by atoms with van der Waals surface area (Å²) in [4.78, 5) is 12.4. The quantitative estimate of drug-likeness (QED) is 0.614. The van der Waals surface area contributed by atoms with Crippen molar-refractivity contribution in [2.45, 2.75) is 23.9 Å². The zero-order valence-corrected chi connectivity index (χ0v) is 17.2. The first-order chi connectivity index (χ1) is 13.2. The zero-order chi connectivity index (χ0) is 20.3. The lowest BCUT2D eigenvalue weighted by Gasteiger charge is -2.09. The molecular formula is C18H19N5O3S2. The summed E-state index contributed by atoms with van der Waals surface area (Å²) in [6.45, 7) is 3.98. The fraction of sp³-hybridized carbons (Fsp3) is 0.222. The Hall–Kier alpha value is -2.72. The summed E-state index contributed by atoms with van der Waals surface area (Å²) in [5, 5.41) is 14.9. The highest BCUT2D eigenvalue weighted by Crippen LogP contribution is 2.22. The highest BCUT2D eigenvalue weighted by atomic mass is 32.2. The van der Waals surface area contributed by atoms with Gasteiger partial charge in [0.2, 0.25) is 11.1 Å². The van der Waals surface area contributed by atoms with Gasteiger partial charge in [-0.2, -0.15) is 4.68 Å². The molecule has 2 aromatic carbocycles. The number of sulfone groups is 1. The van der Waals surface area contributed by atoms with Gasteiger partial charge in [-0.25, -0.2) is 8.42 Å². The SMILES string of the molecule is Cc1ccc(-n2nnnc2SCC(=O)Nc2cccc(S(C)(=O)=O)c2)c(C)c1. The van der Waals surface area contributed by atoms with Crippen molar-refractivity contribution >= 4 is 33.2 Å². The average molecular weight is 418 g/mol. The second-order valence-electron chi connectivity index (χ2n) is 6.30. The normalized spacial score (nSPS) is 11.4. The number of amides is 1. The van der Waals surface area contributed by atoms with E-state index in [1.165, 1.54) is 23.9 Å². The summed E-state index contributed by atoms with van der Waals surface area (Å²) in [5.41, 5.74) is 3.43. The number of nitrogens with zero attached hydrogens (tertiary/aromatic N) is 4. The van der Waals surface area contributed by atoms with Gasteiger partial charge in [0.1, 0.15) is 0 Å². The minimum Gasteiger partial charge on any atom is -0.325 e. The molecule has 28 heavy (non-hydrogen) atoms. The van der Waals surface area contributed by atoms with Gasteiger partial charge < -0.3 is 5.32 Å². The number of nitrogens with one attached hydrogen (secondary N) is 1. The molecular weight excluding hydrogens is 398 g/mol. The number of thioether (sulfide) groups is 1. The fourth-order valence-electron chi connectivity index (χ4n) is 2.59. The van der Waals surface area contributed by atoms with Crippen LogP contribution in [0, 0.1) is 13.8 Å². The highest BCUT2D eigenvalue weighted by Gasteiger charge is 2.14. The van der Waals surface area contributed by atoms with Crippen LogP contribution in [0.1, 0.15) is 11.1 Å². The Kier molecular flexibility index (Phi) is 5.80. The number of carbonyl (C=O) groups is 1. The molecule has 0 bridgehead atoms. The third-order valence-electron chi connectivity index (χ3n) is 3.90. The molecule has 0 saturated heterocycles. The van der Waals surface area contributed by atoms with Gasteiger partial charge in [-0.3, -0.25) is 4.79 Å². The van der Waals surface area contributed by atoms with E-state index in [9.17, 15) is 13.2 Å². The molecule has 1 heterocycles. The van der Waals surface area contributed by atoms with Gasteiger partial charge in [0.25, 0.3) is 0 Å². The van der Waals surface area contributed by atoms with E-state index in [0.29, 0.717) is 10.8 Å². The first-order valence-corrected chi connectivity index (χ1v) is 11.2. The van der Waals surface area contributed by atoms with E-state index in [1.807, 2.05) is 32.0 Å². The predicted molar refractivity (Wildman–Crippen MR) is 108 cm³/mol. The maximum absolute atomic E-state index is 12.3. The number of anilines is 1. The second-order valence-corrected chi connectivity index (χ2v) is 9.26. The third kappa shape index (κ3) is 4.76. The van der Waals surface area contributed by atoms with Gasteiger partial charge in [0.05, 0.1) is 16.3 Å². The Labute approximate surface area is 167 Å². The van der Waals surface area contributed by atoms with Gasteiger partial charge in [-0.05, 0) is 54.1 Å². The molecule has 0 aliphatic rings.